The van der Waals surface area contributed by atoms with E-state index in [1.165, 1.54) is 4.90 Å². The molecule has 0 atom stereocenters. The fraction of sp³-hybridized carbons (Fsp3) is 0.0714. The number of primary amides is 1. The minimum absolute atomic E-state index is 0.198. The number of phenols is 1. The van der Waals surface area contributed by atoms with Crippen LogP contribution in [0.2, 0.25) is 0 Å². The van der Waals surface area contributed by atoms with Crippen LogP contribution in [0.3, 0.4) is 0 Å². The fourth-order valence-corrected chi connectivity index (χ4v) is 1.69. The highest BCUT2D eigenvalue weighted by molar-refractivity contribution is 5.90. The lowest BCUT2D eigenvalue weighted by Gasteiger charge is -2.20. The molecule has 0 aromatic heterocycles. The second-order valence-electron chi connectivity index (χ2n) is 3.93. The molecule has 4 heteroatoms. The van der Waals surface area contributed by atoms with Crippen LogP contribution < -0.4 is 10.6 Å². The summed E-state index contributed by atoms with van der Waals surface area (Å²) in [4.78, 5) is 12.9. The first kappa shape index (κ1) is 12.0. The van der Waals surface area contributed by atoms with Gasteiger partial charge < -0.3 is 10.8 Å². The van der Waals surface area contributed by atoms with Crippen LogP contribution in [0.1, 0.15) is 5.56 Å². The molecule has 0 spiro atoms. The Bertz CT molecular complexity index is 523. The summed E-state index contributed by atoms with van der Waals surface area (Å²) in [5.41, 5.74) is 7.03. The maximum atomic E-state index is 11.5. The number of nitrogens with two attached hydrogens (primary N) is 1. The highest BCUT2D eigenvalue weighted by Gasteiger charge is 2.12. The zero-order valence-electron chi connectivity index (χ0n) is 9.78. The fourth-order valence-electron chi connectivity index (χ4n) is 1.69. The Morgan fingerprint density at radius 3 is 2.22 bits per heavy atom. The lowest BCUT2D eigenvalue weighted by atomic mass is 10.2. The standard InChI is InChI=1S/C14H14N2O2/c15-14(18)16(12-4-2-1-3-5-12)10-11-6-8-13(17)9-7-11/h1-9,17H,10H2,(H2,15,18). The number of aromatic hydroxyl groups is 1. The zero-order chi connectivity index (χ0) is 13.0. The second kappa shape index (κ2) is 5.23. The highest BCUT2D eigenvalue weighted by atomic mass is 16.3. The van der Waals surface area contributed by atoms with E-state index >= 15 is 0 Å². The number of amides is 2. The topological polar surface area (TPSA) is 66.6 Å². The van der Waals surface area contributed by atoms with Crippen molar-refractivity contribution in [1.82, 2.24) is 0 Å². The molecule has 2 aromatic rings. The number of nitrogens with zero attached hydrogens (tertiary/aromatic N) is 1. The number of phenolic OH excluding ortho intramolecular Hbond substituents is 1. The van der Waals surface area contributed by atoms with E-state index in [2.05, 4.69) is 0 Å². The van der Waals surface area contributed by atoms with E-state index in [1.54, 1.807) is 24.3 Å². The number of carbonyl (C=O) groups excluding carboxylic acids is 1. The van der Waals surface area contributed by atoms with Crippen LogP contribution >= 0.6 is 0 Å². The molecule has 2 amide bonds. The first-order valence-corrected chi connectivity index (χ1v) is 5.57. The Kier molecular flexibility index (Phi) is 3.48. The summed E-state index contributed by atoms with van der Waals surface area (Å²) in [6.07, 6.45) is 0. The van der Waals surface area contributed by atoms with Crippen LogP contribution in [0, 0.1) is 0 Å². The first-order chi connectivity index (χ1) is 8.66. The van der Waals surface area contributed by atoms with Gasteiger partial charge in [0.25, 0.3) is 0 Å². The third-order valence-electron chi connectivity index (χ3n) is 2.61. The molecule has 2 rings (SSSR count). The molecule has 0 saturated carbocycles. The van der Waals surface area contributed by atoms with Gasteiger partial charge in [0.2, 0.25) is 0 Å². The monoisotopic (exact) mass is 242 g/mol. The number of benzene rings is 2. The molecule has 18 heavy (non-hydrogen) atoms. The van der Waals surface area contributed by atoms with Gasteiger partial charge in [-0.15, -0.1) is 0 Å². The van der Waals surface area contributed by atoms with E-state index in [1.807, 2.05) is 30.3 Å². The van der Waals surface area contributed by atoms with Crippen LogP contribution in [0.5, 0.6) is 5.75 Å². The molecule has 0 fully saturated rings. The quantitative estimate of drug-likeness (QED) is 0.868. The van der Waals surface area contributed by atoms with E-state index in [-0.39, 0.29) is 5.75 Å². The number of carbonyl (C=O) groups is 1. The molecule has 2 aromatic carbocycles. The van der Waals surface area contributed by atoms with Crippen molar-refractivity contribution in [3.05, 3.63) is 60.2 Å². The number of hydrogen-bond donors (Lipinski definition) is 2. The van der Waals surface area contributed by atoms with Gasteiger partial charge in [-0.1, -0.05) is 30.3 Å². The summed E-state index contributed by atoms with van der Waals surface area (Å²) in [6, 6.07) is 15.4. The minimum atomic E-state index is -0.505. The molecule has 0 aliphatic rings. The van der Waals surface area contributed by atoms with Crippen LogP contribution in [-0.2, 0) is 6.54 Å². The van der Waals surface area contributed by atoms with Gasteiger partial charge in [-0.25, -0.2) is 4.79 Å². The van der Waals surface area contributed by atoms with Gasteiger partial charge in [0.1, 0.15) is 5.75 Å². The molecule has 0 aliphatic carbocycles. The molecule has 0 aliphatic heterocycles. The van der Waals surface area contributed by atoms with Gasteiger partial charge in [0.05, 0.1) is 6.54 Å². The normalized spacial score (nSPS) is 10.0. The summed E-state index contributed by atoms with van der Waals surface area (Å²) < 4.78 is 0. The SMILES string of the molecule is NC(=O)N(Cc1ccc(O)cc1)c1ccccc1. The van der Waals surface area contributed by atoms with Crippen molar-refractivity contribution in [2.75, 3.05) is 4.90 Å². The van der Waals surface area contributed by atoms with Gasteiger partial charge in [0.15, 0.2) is 0 Å². The van der Waals surface area contributed by atoms with Crippen LogP contribution in [0.4, 0.5) is 10.5 Å². The number of urea groups is 1. The van der Waals surface area contributed by atoms with Crippen molar-refractivity contribution in [2.24, 2.45) is 5.73 Å². The Hall–Kier alpha value is -2.49. The van der Waals surface area contributed by atoms with Crippen molar-refractivity contribution in [2.45, 2.75) is 6.54 Å². The molecule has 0 bridgehead atoms. The van der Waals surface area contributed by atoms with Gasteiger partial charge >= 0.3 is 6.03 Å². The molecule has 3 N–H and O–H groups in total. The number of hydrogen-bond acceptors (Lipinski definition) is 2. The predicted octanol–water partition coefficient (Wildman–Crippen LogP) is 2.48. The summed E-state index contributed by atoms with van der Waals surface area (Å²) in [5.74, 6) is 0.198. The second-order valence-corrected chi connectivity index (χ2v) is 3.93. The summed E-state index contributed by atoms with van der Waals surface area (Å²) >= 11 is 0. The molecule has 0 radical (unpaired) electrons. The van der Waals surface area contributed by atoms with Crippen molar-refractivity contribution >= 4 is 11.7 Å². The van der Waals surface area contributed by atoms with E-state index in [9.17, 15) is 9.90 Å². The van der Waals surface area contributed by atoms with Crippen LogP contribution in [0.15, 0.2) is 54.6 Å². The lowest BCUT2D eigenvalue weighted by molar-refractivity contribution is 0.253. The average Bonchev–Trinajstić information content (AvgIpc) is 2.38. The lowest BCUT2D eigenvalue weighted by Crippen LogP contribution is -2.35. The Balaban J connectivity index is 2.22. The van der Waals surface area contributed by atoms with E-state index in [4.69, 9.17) is 5.73 Å². The number of para-hydroxylation sites is 1. The van der Waals surface area contributed by atoms with Gasteiger partial charge in [-0.3, -0.25) is 4.90 Å². The third-order valence-corrected chi connectivity index (χ3v) is 2.61. The van der Waals surface area contributed by atoms with E-state index < -0.39 is 6.03 Å². The Morgan fingerprint density at radius 1 is 1.06 bits per heavy atom. The van der Waals surface area contributed by atoms with E-state index in [0.29, 0.717) is 6.54 Å². The number of anilines is 1. The third kappa shape index (κ3) is 2.79. The van der Waals surface area contributed by atoms with Gasteiger partial charge in [0, 0.05) is 5.69 Å². The maximum absolute atomic E-state index is 11.5. The smallest absolute Gasteiger partial charge is 0.319 e. The predicted molar refractivity (Wildman–Crippen MR) is 70.3 cm³/mol. The Labute approximate surface area is 105 Å². The maximum Gasteiger partial charge on any atom is 0.319 e. The van der Waals surface area contributed by atoms with Crippen molar-refractivity contribution in [3.63, 3.8) is 0 Å². The molecule has 0 heterocycles. The first-order valence-electron chi connectivity index (χ1n) is 5.57. The van der Waals surface area contributed by atoms with Gasteiger partial charge in [-0.05, 0) is 29.8 Å². The summed E-state index contributed by atoms with van der Waals surface area (Å²) in [5, 5.41) is 9.21. The summed E-state index contributed by atoms with van der Waals surface area (Å²) in [7, 11) is 0. The molecule has 4 nitrogen and oxygen atoms in total. The van der Waals surface area contributed by atoms with Crippen molar-refractivity contribution in [1.29, 1.82) is 0 Å². The number of rotatable bonds is 3. The van der Waals surface area contributed by atoms with Crippen molar-refractivity contribution < 1.29 is 9.90 Å². The average molecular weight is 242 g/mol. The largest absolute Gasteiger partial charge is 0.508 e. The zero-order valence-corrected chi connectivity index (χ0v) is 9.78. The molecular weight excluding hydrogens is 228 g/mol. The molecule has 92 valence electrons. The van der Waals surface area contributed by atoms with Gasteiger partial charge in [-0.2, -0.15) is 0 Å². The van der Waals surface area contributed by atoms with Crippen molar-refractivity contribution in [3.8, 4) is 5.75 Å². The van der Waals surface area contributed by atoms with Crippen LogP contribution in [0.25, 0.3) is 0 Å². The minimum Gasteiger partial charge on any atom is -0.508 e. The van der Waals surface area contributed by atoms with E-state index in [0.717, 1.165) is 11.3 Å². The summed E-state index contributed by atoms with van der Waals surface area (Å²) in [6.45, 7) is 0.375. The Morgan fingerprint density at radius 2 is 1.67 bits per heavy atom. The van der Waals surface area contributed by atoms with Crippen LogP contribution in [-0.4, -0.2) is 11.1 Å². The molecule has 0 unspecified atom stereocenters. The molecule has 0 saturated heterocycles. The molecular formula is C14H14N2O2. The highest BCUT2D eigenvalue weighted by Crippen LogP contribution is 2.18.